The molecule has 3 heteroatoms. The highest BCUT2D eigenvalue weighted by molar-refractivity contribution is 4.90. The minimum absolute atomic E-state index is 0.461. The SMILES string of the molecule is CCC(CC)N(C)CC1(CNCCOC)CCCC(C)C1. The van der Waals surface area contributed by atoms with Crippen LogP contribution >= 0.6 is 0 Å². The van der Waals surface area contributed by atoms with Crippen LogP contribution in [-0.4, -0.2) is 51.3 Å². The molecule has 1 fully saturated rings. The highest BCUT2D eigenvalue weighted by Crippen LogP contribution is 2.40. The highest BCUT2D eigenvalue weighted by atomic mass is 16.5. The van der Waals surface area contributed by atoms with Gasteiger partial charge in [-0.2, -0.15) is 0 Å². The average Bonchev–Trinajstić information content (AvgIpc) is 2.45. The fourth-order valence-electron chi connectivity index (χ4n) is 4.23. The zero-order valence-electron chi connectivity index (χ0n) is 15.1. The van der Waals surface area contributed by atoms with E-state index in [-0.39, 0.29) is 0 Å². The molecule has 0 heterocycles. The summed E-state index contributed by atoms with van der Waals surface area (Å²) in [7, 11) is 4.11. The van der Waals surface area contributed by atoms with Crippen LogP contribution in [-0.2, 0) is 4.74 Å². The van der Waals surface area contributed by atoms with Crippen LogP contribution in [0.3, 0.4) is 0 Å². The van der Waals surface area contributed by atoms with Crippen molar-refractivity contribution in [3.63, 3.8) is 0 Å². The normalized spacial score (nSPS) is 26.7. The van der Waals surface area contributed by atoms with E-state index in [2.05, 4.69) is 38.0 Å². The van der Waals surface area contributed by atoms with Gasteiger partial charge >= 0.3 is 0 Å². The molecule has 1 saturated carbocycles. The molecule has 1 rings (SSSR count). The van der Waals surface area contributed by atoms with E-state index < -0.39 is 0 Å². The van der Waals surface area contributed by atoms with Gasteiger partial charge in [-0.25, -0.2) is 0 Å². The lowest BCUT2D eigenvalue weighted by molar-refractivity contribution is 0.0683. The van der Waals surface area contributed by atoms with Crippen LogP contribution in [0.25, 0.3) is 0 Å². The molecule has 1 aliphatic carbocycles. The molecular formula is C18H38N2O. The molecule has 0 spiro atoms. The van der Waals surface area contributed by atoms with E-state index in [0.717, 1.165) is 31.7 Å². The summed E-state index contributed by atoms with van der Waals surface area (Å²) >= 11 is 0. The van der Waals surface area contributed by atoms with Crippen LogP contribution < -0.4 is 5.32 Å². The van der Waals surface area contributed by atoms with Crippen LogP contribution in [0, 0.1) is 11.3 Å². The van der Waals surface area contributed by atoms with Crippen molar-refractivity contribution in [3.8, 4) is 0 Å². The fraction of sp³-hybridized carbons (Fsp3) is 1.00. The monoisotopic (exact) mass is 298 g/mol. The first-order valence-electron chi connectivity index (χ1n) is 8.96. The second kappa shape index (κ2) is 9.81. The summed E-state index contributed by atoms with van der Waals surface area (Å²) in [6, 6.07) is 0.734. The largest absolute Gasteiger partial charge is 0.383 e. The Morgan fingerprint density at radius 3 is 2.62 bits per heavy atom. The summed E-state index contributed by atoms with van der Waals surface area (Å²) in [6.45, 7) is 11.2. The molecule has 21 heavy (non-hydrogen) atoms. The fourth-order valence-corrected chi connectivity index (χ4v) is 4.23. The molecule has 126 valence electrons. The van der Waals surface area contributed by atoms with Crippen LogP contribution in [0.5, 0.6) is 0 Å². The van der Waals surface area contributed by atoms with Gasteiger partial charge in [-0.3, -0.25) is 0 Å². The Kier molecular flexibility index (Phi) is 8.84. The maximum Gasteiger partial charge on any atom is 0.0587 e. The molecular weight excluding hydrogens is 260 g/mol. The molecule has 1 N–H and O–H groups in total. The van der Waals surface area contributed by atoms with Crippen molar-refractivity contribution in [2.45, 2.75) is 65.3 Å². The highest BCUT2D eigenvalue weighted by Gasteiger charge is 2.36. The Morgan fingerprint density at radius 2 is 2.05 bits per heavy atom. The van der Waals surface area contributed by atoms with E-state index in [1.54, 1.807) is 7.11 Å². The minimum Gasteiger partial charge on any atom is -0.383 e. The molecule has 1 aliphatic rings. The number of nitrogens with zero attached hydrogens (tertiary/aromatic N) is 1. The molecule has 2 unspecified atom stereocenters. The zero-order valence-corrected chi connectivity index (χ0v) is 15.1. The number of methoxy groups -OCH3 is 1. The lowest BCUT2D eigenvalue weighted by Crippen LogP contribution is -2.48. The first-order valence-corrected chi connectivity index (χ1v) is 8.96. The van der Waals surface area contributed by atoms with Gasteiger partial charge < -0.3 is 15.0 Å². The van der Waals surface area contributed by atoms with E-state index in [9.17, 15) is 0 Å². The van der Waals surface area contributed by atoms with Crippen molar-refractivity contribution in [3.05, 3.63) is 0 Å². The van der Waals surface area contributed by atoms with Crippen LogP contribution in [0.1, 0.15) is 59.3 Å². The minimum atomic E-state index is 0.461. The van der Waals surface area contributed by atoms with Crippen molar-refractivity contribution in [2.24, 2.45) is 11.3 Å². The number of rotatable bonds is 10. The lowest BCUT2D eigenvalue weighted by Gasteiger charge is -2.44. The first-order chi connectivity index (χ1) is 10.1. The maximum absolute atomic E-state index is 5.17. The van der Waals surface area contributed by atoms with E-state index in [0.29, 0.717) is 5.41 Å². The van der Waals surface area contributed by atoms with Gasteiger partial charge in [0.15, 0.2) is 0 Å². The second-order valence-electron chi connectivity index (χ2n) is 7.26. The summed E-state index contributed by atoms with van der Waals surface area (Å²) in [5.74, 6) is 0.873. The van der Waals surface area contributed by atoms with E-state index in [1.165, 1.54) is 45.1 Å². The van der Waals surface area contributed by atoms with E-state index >= 15 is 0 Å². The third-order valence-electron chi connectivity index (χ3n) is 5.32. The zero-order chi connectivity index (χ0) is 15.7. The smallest absolute Gasteiger partial charge is 0.0587 e. The number of hydrogen-bond acceptors (Lipinski definition) is 3. The van der Waals surface area contributed by atoms with E-state index in [1.807, 2.05) is 0 Å². The van der Waals surface area contributed by atoms with Crippen molar-refractivity contribution < 1.29 is 4.74 Å². The van der Waals surface area contributed by atoms with Gasteiger partial charge in [0, 0.05) is 32.8 Å². The predicted molar refractivity (Wildman–Crippen MR) is 91.8 cm³/mol. The van der Waals surface area contributed by atoms with Gasteiger partial charge in [0.25, 0.3) is 0 Å². The van der Waals surface area contributed by atoms with Gasteiger partial charge in [-0.1, -0.05) is 33.6 Å². The summed E-state index contributed by atoms with van der Waals surface area (Å²) < 4.78 is 5.17. The van der Waals surface area contributed by atoms with Crippen LogP contribution in [0.15, 0.2) is 0 Å². The molecule has 0 radical (unpaired) electrons. The van der Waals surface area contributed by atoms with Crippen LogP contribution in [0.2, 0.25) is 0 Å². The number of ether oxygens (including phenoxy) is 1. The summed E-state index contributed by atoms with van der Waals surface area (Å²) in [5.41, 5.74) is 0.461. The van der Waals surface area contributed by atoms with Gasteiger partial charge in [0.2, 0.25) is 0 Å². The standard InChI is InChI=1S/C18H38N2O/c1-6-17(7-2)20(4)15-18(14-19-11-12-21-5)10-8-9-16(3)13-18/h16-17,19H,6-15H2,1-5H3. The van der Waals surface area contributed by atoms with Crippen molar-refractivity contribution in [2.75, 3.05) is 40.4 Å². The lowest BCUT2D eigenvalue weighted by atomic mass is 9.69. The van der Waals surface area contributed by atoms with Gasteiger partial charge in [0.05, 0.1) is 6.61 Å². The molecule has 0 amide bonds. The Morgan fingerprint density at radius 1 is 1.33 bits per heavy atom. The molecule has 0 aromatic carbocycles. The summed E-state index contributed by atoms with van der Waals surface area (Å²) in [5, 5.41) is 3.65. The Labute approximate surface area is 132 Å². The number of hydrogen-bond donors (Lipinski definition) is 1. The van der Waals surface area contributed by atoms with Crippen molar-refractivity contribution in [1.82, 2.24) is 10.2 Å². The molecule has 3 nitrogen and oxygen atoms in total. The van der Waals surface area contributed by atoms with Crippen molar-refractivity contribution in [1.29, 1.82) is 0 Å². The van der Waals surface area contributed by atoms with E-state index in [4.69, 9.17) is 4.74 Å². The Hall–Kier alpha value is -0.120. The summed E-state index contributed by atoms with van der Waals surface area (Å²) in [4.78, 5) is 2.62. The molecule has 0 aromatic heterocycles. The average molecular weight is 299 g/mol. The third kappa shape index (κ3) is 6.25. The Bertz CT molecular complexity index is 268. The van der Waals surface area contributed by atoms with Gasteiger partial charge in [-0.15, -0.1) is 0 Å². The molecule has 0 bridgehead atoms. The van der Waals surface area contributed by atoms with Crippen molar-refractivity contribution >= 4 is 0 Å². The molecule has 0 saturated heterocycles. The number of nitrogens with one attached hydrogen (secondary N) is 1. The Balaban J connectivity index is 2.62. The van der Waals surface area contributed by atoms with Gasteiger partial charge in [-0.05, 0) is 44.1 Å². The quantitative estimate of drug-likeness (QED) is 0.624. The molecule has 0 aromatic rings. The second-order valence-corrected chi connectivity index (χ2v) is 7.26. The molecule has 2 atom stereocenters. The maximum atomic E-state index is 5.17. The van der Waals surface area contributed by atoms with Gasteiger partial charge in [0.1, 0.15) is 0 Å². The summed E-state index contributed by atoms with van der Waals surface area (Å²) in [6.07, 6.45) is 8.07. The van der Waals surface area contributed by atoms with Crippen LogP contribution in [0.4, 0.5) is 0 Å². The first kappa shape index (κ1) is 18.9. The predicted octanol–water partition coefficient (Wildman–Crippen LogP) is 3.54. The third-order valence-corrected chi connectivity index (χ3v) is 5.32. The molecule has 0 aliphatic heterocycles. The topological polar surface area (TPSA) is 24.5 Å².